The van der Waals surface area contributed by atoms with E-state index in [0.717, 1.165) is 30.5 Å². The molecule has 2 aromatic carbocycles. The number of nitrogens with one attached hydrogen (secondary N) is 1. The minimum atomic E-state index is -3.55. The molecule has 0 unspecified atom stereocenters. The molecule has 2 fully saturated rings. The van der Waals surface area contributed by atoms with E-state index in [9.17, 15) is 18.0 Å². The summed E-state index contributed by atoms with van der Waals surface area (Å²) in [6.07, 6.45) is 3.62. The zero-order valence-electron chi connectivity index (χ0n) is 19.7. The van der Waals surface area contributed by atoms with Crippen molar-refractivity contribution in [2.75, 3.05) is 37.0 Å². The van der Waals surface area contributed by atoms with Gasteiger partial charge in [-0.1, -0.05) is 6.07 Å². The van der Waals surface area contributed by atoms with Crippen LogP contribution in [0, 0.1) is 6.92 Å². The van der Waals surface area contributed by atoms with Crippen LogP contribution in [0.3, 0.4) is 0 Å². The van der Waals surface area contributed by atoms with Gasteiger partial charge in [0.15, 0.2) is 0 Å². The summed E-state index contributed by atoms with van der Waals surface area (Å²) in [6, 6.07) is 10.4. The van der Waals surface area contributed by atoms with Gasteiger partial charge in [-0.2, -0.15) is 4.31 Å². The number of ether oxygens (including phenoxy) is 1. The molecule has 0 aliphatic carbocycles. The molecule has 9 heteroatoms. The zero-order chi connectivity index (χ0) is 24.3. The predicted molar refractivity (Wildman–Crippen MR) is 131 cm³/mol. The molecule has 182 valence electrons. The minimum absolute atomic E-state index is 0.0995. The average Bonchev–Trinajstić information content (AvgIpc) is 3.51. The molecule has 2 heterocycles. The molecule has 2 amide bonds. The number of hydrogen-bond acceptors (Lipinski definition) is 5. The highest BCUT2D eigenvalue weighted by Gasteiger charge is 2.28. The SMILES string of the molecule is COc1ccc(S(=O)(=O)N2CCCC2)cc1CCC(=O)Nc1ccc(C)c(N2CCCC2=O)c1. The van der Waals surface area contributed by atoms with Crippen LogP contribution in [0.15, 0.2) is 41.3 Å². The first-order valence-electron chi connectivity index (χ1n) is 11.7. The molecule has 8 nitrogen and oxygen atoms in total. The summed E-state index contributed by atoms with van der Waals surface area (Å²) in [5, 5.41) is 2.90. The van der Waals surface area contributed by atoms with Crippen molar-refractivity contribution in [3.63, 3.8) is 0 Å². The number of aryl methyl sites for hydroxylation is 2. The lowest BCUT2D eigenvalue weighted by Gasteiger charge is -2.19. The molecule has 0 radical (unpaired) electrons. The number of hydrogen-bond donors (Lipinski definition) is 1. The molecule has 0 spiro atoms. The third kappa shape index (κ3) is 5.10. The quantitative estimate of drug-likeness (QED) is 0.618. The van der Waals surface area contributed by atoms with Crippen LogP contribution in [0.25, 0.3) is 0 Å². The van der Waals surface area contributed by atoms with Crippen LogP contribution >= 0.6 is 0 Å². The second-order valence-corrected chi connectivity index (χ2v) is 10.7. The van der Waals surface area contributed by atoms with Crippen LogP contribution in [-0.2, 0) is 26.0 Å². The molecule has 2 aliphatic heterocycles. The van der Waals surface area contributed by atoms with E-state index in [0.29, 0.717) is 49.5 Å². The van der Waals surface area contributed by atoms with Crippen LogP contribution < -0.4 is 15.0 Å². The molecule has 0 atom stereocenters. The normalized spacial score (nSPS) is 16.8. The van der Waals surface area contributed by atoms with Crippen molar-refractivity contribution in [3.05, 3.63) is 47.5 Å². The summed E-state index contributed by atoms with van der Waals surface area (Å²) in [5.41, 5.74) is 3.10. The Hall–Kier alpha value is -2.91. The summed E-state index contributed by atoms with van der Waals surface area (Å²) in [7, 11) is -2.02. The molecule has 0 aromatic heterocycles. The van der Waals surface area contributed by atoms with Crippen LogP contribution in [0.4, 0.5) is 11.4 Å². The van der Waals surface area contributed by atoms with Gasteiger partial charge in [-0.05, 0) is 74.1 Å². The molecule has 34 heavy (non-hydrogen) atoms. The first-order valence-corrected chi connectivity index (χ1v) is 13.1. The van der Waals surface area contributed by atoms with Gasteiger partial charge in [0, 0.05) is 43.9 Å². The summed E-state index contributed by atoms with van der Waals surface area (Å²) in [4.78, 5) is 26.8. The fraction of sp³-hybridized carbons (Fsp3) is 0.440. The lowest BCUT2D eigenvalue weighted by Crippen LogP contribution is -2.28. The topological polar surface area (TPSA) is 96.0 Å². The number of carbonyl (C=O) groups is 2. The van der Waals surface area contributed by atoms with E-state index in [-0.39, 0.29) is 23.1 Å². The minimum Gasteiger partial charge on any atom is -0.496 e. The first kappa shape index (κ1) is 24.2. The van der Waals surface area contributed by atoms with E-state index in [4.69, 9.17) is 4.74 Å². The van der Waals surface area contributed by atoms with Gasteiger partial charge in [0.2, 0.25) is 21.8 Å². The van der Waals surface area contributed by atoms with Crippen molar-refractivity contribution in [2.45, 2.75) is 50.3 Å². The number of anilines is 2. The summed E-state index contributed by atoms with van der Waals surface area (Å²) in [6.45, 7) is 3.71. The number of sulfonamides is 1. The molecule has 4 rings (SSSR count). The highest BCUT2D eigenvalue weighted by atomic mass is 32.2. The van der Waals surface area contributed by atoms with Gasteiger partial charge in [0.25, 0.3) is 0 Å². The second-order valence-electron chi connectivity index (χ2n) is 8.78. The number of nitrogens with zero attached hydrogens (tertiary/aromatic N) is 2. The van der Waals surface area contributed by atoms with Crippen molar-refractivity contribution >= 4 is 33.2 Å². The first-order chi connectivity index (χ1) is 16.3. The molecule has 0 saturated carbocycles. The van der Waals surface area contributed by atoms with E-state index >= 15 is 0 Å². The predicted octanol–water partition coefficient (Wildman–Crippen LogP) is 3.49. The Kier molecular flexibility index (Phi) is 7.23. The van der Waals surface area contributed by atoms with Crippen molar-refractivity contribution < 1.29 is 22.7 Å². The molecular weight excluding hydrogens is 454 g/mol. The molecule has 2 saturated heterocycles. The van der Waals surface area contributed by atoms with Crippen molar-refractivity contribution in [3.8, 4) is 5.75 Å². The van der Waals surface area contributed by atoms with Gasteiger partial charge < -0.3 is 15.0 Å². The molecule has 2 aromatic rings. The van der Waals surface area contributed by atoms with Crippen LogP contribution in [0.2, 0.25) is 0 Å². The Morgan fingerprint density at radius 1 is 1.06 bits per heavy atom. The zero-order valence-corrected chi connectivity index (χ0v) is 20.5. The van der Waals surface area contributed by atoms with Gasteiger partial charge in [0.05, 0.1) is 12.0 Å². The Labute approximate surface area is 200 Å². The molecular formula is C25H31N3O5S. The third-order valence-corrected chi connectivity index (χ3v) is 8.33. The van der Waals surface area contributed by atoms with Crippen molar-refractivity contribution in [1.29, 1.82) is 0 Å². The Balaban J connectivity index is 1.45. The van der Waals surface area contributed by atoms with Gasteiger partial charge >= 0.3 is 0 Å². The summed E-state index contributed by atoms with van der Waals surface area (Å²) < 4.78 is 32.8. The van der Waals surface area contributed by atoms with E-state index in [1.807, 2.05) is 25.1 Å². The van der Waals surface area contributed by atoms with E-state index in [1.165, 1.54) is 11.4 Å². The number of carbonyl (C=O) groups excluding carboxylic acids is 2. The van der Waals surface area contributed by atoms with Crippen molar-refractivity contribution in [2.24, 2.45) is 0 Å². The summed E-state index contributed by atoms with van der Waals surface area (Å²) >= 11 is 0. The molecule has 0 bridgehead atoms. The molecule has 1 N–H and O–H groups in total. The maximum atomic E-state index is 12.9. The Morgan fingerprint density at radius 2 is 1.82 bits per heavy atom. The van der Waals surface area contributed by atoms with Crippen LogP contribution in [0.5, 0.6) is 5.75 Å². The van der Waals surface area contributed by atoms with Gasteiger partial charge in [-0.15, -0.1) is 0 Å². The largest absolute Gasteiger partial charge is 0.496 e. The Bertz CT molecular complexity index is 1190. The fourth-order valence-electron chi connectivity index (χ4n) is 4.54. The average molecular weight is 486 g/mol. The maximum absolute atomic E-state index is 12.9. The number of rotatable bonds is 8. The smallest absolute Gasteiger partial charge is 0.243 e. The van der Waals surface area contributed by atoms with E-state index in [1.54, 1.807) is 23.1 Å². The third-order valence-electron chi connectivity index (χ3n) is 6.43. The van der Waals surface area contributed by atoms with Gasteiger partial charge in [-0.25, -0.2) is 8.42 Å². The van der Waals surface area contributed by atoms with E-state index in [2.05, 4.69) is 5.32 Å². The standard InChI is InChI=1S/C25H31N3O5S/c1-18-7-9-20(17-22(18)28-15-5-6-25(28)30)26-24(29)12-8-19-16-21(10-11-23(19)33-2)34(31,32)27-13-3-4-14-27/h7,9-11,16-17H,3-6,8,12-15H2,1-2H3,(H,26,29). The van der Waals surface area contributed by atoms with Crippen LogP contribution in [-0.4, -0.2) is 51.3 Å². The van der Waals surface area contributed by atoms with Crippen molar-refractivity contribution in [1.82, 2.24) is 4.31 Å². The van der Waals surface area contributed by atoms with Gasteiger partial charge in [-0.3, -0.25) is 9.59 Å². The van der Waals surface area contributed by atoms with E-state index < -0.39 is 10.0 Å². The highest BCUT2D eigenvalue weighted by molar-refractivity contribution is 7.89. The second kappa shape index (κ2) is 10.1. The maximum Gasteiger partial charge on any atom is 0.243 e. The van der Waals surface area contributed by atoms with Gasteiger partial charge in [0.1, 0.15) is 5.75 Å². The summed E-state index contributed by atoms with van der Waals surface area (Å²) in [5.74, 6) is 0.457. The fourth-order valence-corrected chi connectivity index (χ4v) is 6.11. The lowest BCUT2D eigenvalue weighted by molar-refractivity contribution is -0.117. The Morgan fingerprint density at radius 3 is 2.50 bits per heavy atom. The number of benzene rings is 2. The lowest BCUT2D eigenvalue weighted by atomic mass is 10.1. The van der Waals surface area contributed by atoms with Crippen LogP contribution in [0.1, 0.15) is 43.2 Å². The monoisotopic (exact) mass is 485 g/mol. The number of methoxy groups -OCH3 is 1. The molecule has 2 aliphatic rings. The highest BCUT2D eigenvalue weighted by Crippen LogP contribution is 2.29. The number of amides is 2.